The fourth-order valence-corrected chi connectivity index (χ4v) is 9.45. The van der Waals surface area contributed by atoms with Crippen LogP contribution in [-0.4, -0.2) is 49.6 Å². The second kappa shape index (κ2) is 10.7. The van der Waals surface area contributed by atoms with Gasteiger partial charge >= 0.3 is 0 Å². The first-order chi connectivity index (χ1) is 24.6. The maximum Gasteiger partial charge on any atom is 0.295 e. The van der Waals surface area contributed by atoms with Crippen LogP contribution >= 0.6 is 31.9 Å². The van der Waals surface area contributed by atoms with E-state index in [-0.39, 0.29) is 76.7 Å². The molecule has 0 fully saturated rings. The van der Waals surface area contributed by atoms with Crippen LogP contribution in [0.2, 0.25) is 0 Å². The zero-order chi connectivity index (χ0) is 36.8. The Morgan fingerprint density at radius 3 is 1.08 bits per heavy atom. The molecule has 2 heterocycles. The van der Waals surface area contributed by atoms with Gasteiger partial charge in [-0.3, -0.25) is 28.3 Å². The molecule has 12 nitrogen and oxygen atoms in total. The first-order valence-corrected chi connectivity index (χ1v) is 19.6. The molecule has 0 saturated heterocycles. The van der Waals surface area contributed by atoms with E-state index >= 15 is 0 Å². The van der Waals surface area contributed by atoms with Crippen LogP contribution in [0.15, 0.2) is 104 Å². The molecule has 0 radical (unpaired) electrons. The van der Waals surface area contributed by atoms with Gasteiger partial charge in [0, 0.05) is 52.4 Å². The highest BCUT2D eigenvalue weighted by molar-refractivity contribution is 9.10. The molecule has 4 amide bonds. The van der Waals surface area contributed by atoms with Crippen molar-refractivity contribution in [3.63, 3.8) is 0 Å². The minimum absolute atomic E-state index is 0.0165. The molecule has 0 saturated carbocycles. The normalized spacial score (nSPS) is 14.9. The van der Waals surface area contributed by atoms with Crippen LogP contribution in [0.3, 0.4) is 0 Å². The summed E-state index contributed by atoms with van der Waals surface area (Å²) >= 11 is 6.62. The van der Waals surface area contributed by atoms with Crippen molar-refractivity contribution in [2.24, 2.45) is 0 Å². The lowest BCUT2D eigenvalue weighted by Crippen LogP contribution is -2.41. The van der Waals surface area contributed by atoms with E-state index in [1.165, 1.54) is 48.5 Å². The summed E-state index contributed by atoms with van der Waals surface area (Å²) in [6, 6.07) is 19.7. The van der Waals surface area contributed by atoms with Crippen molar-refractivity contribution < 1.29 is 45.1 Å². The summed E-state index contributed by atoms with van der Waals surface area (Å²) in [5.41, 5.74) is -0.256. The van der Waals surface area contributed by atoms with Crippen LogP contribution in [0.5, 0.6) is 0 Å². The average molecular weight is 860 g/mol. The number of nitrogens with zero attached hydrogens (tertiary/aromatic N) is 2. The number of anilines is 2. The van der Waals surface area contributed by atoms with Crippen molar-refractivity contribution in [3.8, 4) is 0 Å². The van der Waals surface area contributed by atoms with E-state index in [4.69, 9.17) is 0 Å². The summed E-state index contributed by atoms with van der Waals surface area (Å²) < 4.78 is 75.5. The summed E-state index contributed by atoms with van der Waals surface area (Å²) in [6.07, 6.45) is 0. The van der Waals surface area contributed by atoms with Crippen molar-refractivity contribution in [1.29, 1.82) is 0 Å². The molecule has 0 unspecified atom stereocenters. The second-order valence-electron chi connectivity index (χ2n) is 12.2. The molecule has 0 aromatic heterocycles. The van der Waals surface area contributed by atoms with Crippen LogP contribution in [-0.2, 0) is 20.2 Å². The summed E-state index contributed by atoms with van der Waals surface area (Å²) in [6.45, 7) is 0. The van der Waals surface area contributed by atoms with E-state index in [1.54, 1.807) is 24.3 Å². The van der Waals surface area contributed by atoms with Gasteiger partial charge < -0.3 is 0 Å². The van der Waals surface area contributed by atoms with E-state index in [9.17, 15) is 45.1 Å². The fourth-order valence-electron chi connectivity index (χ4n) is 7.45. The molecule has 2 aliphatic rings. The van der Waals surface area contributed by atoms with Crippen LogP contribution in [0, 0.1) is 0 Å². The number of imide groups is 2. The van der Waals surface area contributed by atoms with Crippen LogP contribution in [0.25, 0.3) is 43.1 Å². The first kappa shape index (κ1) is 32.8. The van der Waals surface area contributed by atoms with Crippen molar-refractivity contribution in [2.75, 3.05) is 9.80 Å². The van der Waals surface area contributed by atoms with Gasteiger partial charge in [0.25, 0.3) is 43.9 Å². The Morgan fingerprint density at radius 2 is 0.750 bits per heavy atom. The number of benzene rings is 7. The van der Waals surface area contributed by atoms with E-state index in [2.05, 4.69) is 31.9 Å². The summed E-state index contributed by atoms with van der Waals surface area (Å²) in [5.74, 6) is -3.34. The number of hydrogen-bond acceptors (Lipinski definition) is 8. The lowest BCUT2D eigenvalue weighted by molar-refractivity contribution is 0.0877. The van der Waals surface area contributed by atoms with Crippen LogP contribution < -0.4 is 9.80 Å². The molecule has 7 aromatic carbocycles. The largest absolute Gasteiger partial charge is 0.295 e. The molecular weight excluding hydrogens is 844 g/mol. The molecule has 0 bridgehead atoms. The van der Waals surface area contributed by atoms with Gasteiger partial charge in [-0.05, 0) is 83.6 Å². The van der Waals surface area contributed by atoms with Crippen LogP contribution in [0.1, 0.15) is 41.4 Å². The lowest BCUT2D eigenvalue weighted by atomic mass is 9.82. The van der Waals surface area contributed by atoms with Gasteiger partial charge in [-0.25, -0.2) is 9.80 Å². The van der Waals surface area contributed by atoms with Gasteiger partial charge in [0.15, 0.2) is 0 Å². The number of amides is 4. The second-order valence-corrected chi connectivity index (χ2v) is 16.8. The van der Waals surface area contributed by atoms with Crippen molar-refractivity contribution in [1.82, 2.24) is 0 Å². The number of fused-ring (bicyclic) bond motifs is 2. The molecule has 2 N–H and O–H groups in total. The zero-order valence-corrected chi connectivity index (χ0v) is 30.5. The predicted molar refractivity (Wildman–Crippen MR) is 198 cm³/mol. The van der Waals surface area contributed by atoms with Gasteiger partial charge in [0.1, 0.15) is 9.79 Å². The number of carbonyl (C=O) groups is 4. The maximum absolute atomic E-state index is 14.1. The zero-order valence-electron chi connectivity index (χ0n) is 25.7. The van der Waals surface area contributed by atoms with Gasteiger partial charge in [-0.15, -0.1) is 0 Å². The Bertz CT molecular complexity index is 2900. The predicted octanol–water partition coefficient (Wildman–Crippen LogP) is 7.36. The monoisotopic (exact) mass is 858 g/mol. The van der Waals surface area contributed by atoms with Crippen LogP contribution in [0.4, 0.5) is 11.4 Å². The minimum Gasteiger partial charge on any atom is -0.282 e. The highest BCUT2D eigenvalue weighted by atomic mass is 79.9. The van der Waals surface area contributed by atoms with Gasteiger partial charge in [0.2, 0.25) is 0 Å². The molecule has 9 rings (SSSR count). The third-order valence-corrected chi connectivity index (χ3v) is 12.3. The number of hydrogen-bond donors (Lipinski definition) is 2. The topological polar surface area (TPSA) is 184 Å². The Labute approximate surface area is 309 Å². The molecular formula is C36H16Br2N2O10S2. The SMILES string of the molecule is O=C1c2ccc3c4c(S(=O)(=O)O)cc5c6c(ccc(c7c(S(=O)(=O)O)cc(c2c37)C(=O)N1c1ccc(Br)cc1)c64)C(=O)N(c1ccc(Br)cc1)C5=O. The van der Waals surface area contributed by atoms with E-state index in [1.807, 2.05) is 0 Å². The van der Waals surface area contributed by atoms with E-state index in [0.29, 0.717) is 8.95 Å². The molecule has 0 spiro atoms. The summed E-state index contributed by atoms with van der Waals surface area (Å²) in [4.78, 5) is 56.6. The van der Waals surface area contributed by atoms with Crippen molar-refractivity contribution in [3.05, 3.63) is 116 Å². The Morgan fingerprint density at radius 1 is 0.423 bits per heavy atom. The summed E-state index contributed by atoms with van der Waals surface area (Å²) in [7, 11) is -10.3. The first-order valence-electron chi connectivity index (χ1n) is 15.1. The molecule has 0 aliphatic carbocycles. The van der Waals surface area contributed by atoms with E-state index < -0.39 is 53.7 Å². The Hall–Kier alpha value is -5.10. The highest BCUT2D eigenvalue weighted by Gasteiger charge is 2.41. The molecule has 2 aliphatic heterocycles. The smallest absolute Gasteiger partial charge is 0.282 e. The quantitative estimate of drug-likeness (QED) is 0.0785. The lowest BCUT2D eigenvalue weighted by Gasteiger charge is -2.31. The van der Waals surface area contributed by atoms with Gasteiger partial charge in [0.05, 0.1) is 22.5 Å². The molecule has 16 heteroatoms. The third-order valence-electron chi connectivity index (χ3n) is 9.49. The molecule has 0 atom stereocenters. The summed E-state index contributed by atoms with van der Waals surface area (Å²) in [5, 5.41) is -0.605. The van der Waals surface area contributed by atoms with Crippen molar-refractivity contribution >= 4 is 130 Å². The Balaban J connectivity index is 1.47. The molecule has 7 aromatic rings. The average Bonchev–Trinajstić information content (AvgIpc) is 3.09. The maximum atomic E-state index is 14.1. The minimum atomic E-state index is -5.16. The van der Waals surface area contributed by atoms with E-state index in [0.717, 1.165) is 21.9 Å². The fraction of sp³-hybridized carbons (Fsp3) is 0. The Kier molecular flexibility index (Phi) is 6.76. The number of carbonyl (C=O) groups excluding carboxylic acids is 4. The molecule has 52 heavy (non-hydrogen) atoms. The van der Waals surface area contributed by atoms with Crippen molar-refractivity contribution in [2.45, 2.75) is 9.79 Å². The standard InChI is InChI=1S/C36H16Br2N2O10S2/c37-15-1-5-17(6-2-15)39-33(41)21-11-9-19-30-26(52(48,49)50)14-24-28-22(34(42)40(36(24)44)18-7-3-16(38)4-8-18)12-10-20(32(28)30)29-25(51(45,46)47)13-23(35(39)43)27(21)31(19)29/h1-14H,(H,45,46,47)(H,48,49,50). The van der Waals surface area contributed by atoms with Gasteiger partial charge in [-0.1, -0.05) is 44.0 Å². The third kappa shape index (κ3) is 4.36. The molecule has 256 valence electrons. The number of rotatable bonds is 4. The number of halogens is 2. The van der Waals surface area contributed by atoms with Gasteiger partial charge in [-0.2, -0.15) is 16.8 Å². The highest BCUT2D eigenvalue weighted by Crippen LogP contribution is 2.50.